The first-order valence-electron chi connectivity index (χ1n) is 6.37. The van der Waals surface area contributed by atoms with E-state index in [1.54, 1.807) is 6.26 Å². The predicted molar refractivity (Wildman–Crippen MR) is 79.0 cm³/mol. The van der Waals surface area contributed by atoms with Gasteiger partial charge in [0.2, 0.25) is 0 Å². The van der Waals surface area contributed by atoms with E-state index in [0.29, 0.717) is 11.6 Å². The molecule has 0 aliphatic rings. The Morgan fingerprint density at radius 2 is 2.16 bits per heavy atom. The van der Waals surface area contributed by atoms with E-state index >= 15 is 0 Å². The number of imidazole rings is 1. The topological polar surface area (TPSA) is 52.7 Å². The second-order valence-corrected chi connectivity index (χ2v) is 6.34. The molecule has 0 amide bonds. The number of rotatable bonds is 6. The summed E-state index contributed by atoms with van der Waals surface area (Å²) in [5.41, 5.74) is 2.88. The molecule has 0 saturated heterocycles. The predicted octanol–water partition coefficient (Wildman–Crippen LogP) is 2.07. The number of aryl methyl sites for hydroxylation is 3. The van der Waals surface area contributed by atoms with Crippen molar-refractivity contribution in [2.75, 3.05) is 12.0 Å². The minimum absolute atomic E-state index is 0.382. The van der Waals surface area contributed by atoms with Gasteiger partial charge >= 0.3 is 0 Å². The van der Waals surface area contributed by atoms with Crippen molar-refractivity contribution < 1.29 is 4.21 Å². The number of halogens is 1. The first-order chi connectivity index (χ1) is 9.08. The Labute approximate surface area is 120 Å². The Morgan fingerprint density at radius 1 is 1.42 bits per heavy atom. The van der Waals surface area contributed by atoms with Crippen LogP contribution in [0.2, 0.25) is 0 Å². The fraction of sp³-hybridized carbons (Fsp3) is 0.667. The fourth-order valence-electron chi connectivity index (χ4n) is 2.25. The molecule has 5 nitrogen and oxygen atoms in total. The molecule has 0 aliphatic carbocycles. The molecule has 2 aromatic rings. The maximum Gasteiger partial charge on any atom is 0.158 e. The van der Waals surface area contributed by atoms with E-state index in [-0.39, 0.29) is 0 Å². The maximum atomic E-state index is 11.2. The summed E-state index contributed by atoms with van der Waals surface area (Å²) < 4.78 is 15.2. The third-order valence-corrected chi connectivity index (χ3v) is 4.21. The lowest BCUT2D eigenvalue weighted by Gasteiger charge is -2.08. The SMILES string of the molecule is CCn1nc(C)c2nc(CCl)n(CCCS(C)=O)c21. The quantitative estimate of drug-likeness (QED) is 0.768. The number of nitrogens with zero attached hydrogens (tertiary/aromatic N) is 4. The van der Waals surface area contributed by atoms with Gasteiger partial charge in [-0.05, 0) is 20.3 Å². The van der Waals surface area contributed by atoms with Crippen LogP contribution in [0.5, 0.6) is 0 Å². The van der Waals surface area contributed by atoms with E-state index in [9.17, 15) is 4.21 Å². The van der Waals surface area contributed by atoms with Crippen molar-refractivity contribution >= 4 is 33.6 Å². The van der Waals surface area contributed by atoms with Crippen molar-refractivity contribution in [3.8, 4) is 0 Å². The second-order valence-electron chi connectivity index (χ2n) is 4.52. The van der Waals surface area contributed by atoms with Crippen LogP contribution < -0.4 is 0 Å². The number of hydrogen-bond acceptors (Lipinski definition) is 3. The Hall–Kier alpha value is -0.880. The molecule has 19 heavy (non-hydrogen) atoms. The molecule has 0 bridgehead atoms. The molecule has 0 aromatic carbocycles. The van der Waals surface area contributed by atoms with Gasteiger partial charge in [-0.15, -0.1) is 11.6 Å². The summed E-state index contributed by atoms with van der Waals surface area (Å²) in [7, 11) is -0.760. The van der Waals surface area contributed by atoms with E-state index in [2.05, 4.69) is 21.6 Å². The van der Waals surface area contributed by atoms with Crippen LogP contribution in [0.25, 0.3) is 11.2 Å². The number of aromatic nitrogens is 4. The van der Waals surface area contributed by atoms with E-state index in [1.807, 2.05) is 11.6 Å². The van der Waals surface area contributed by atoms with E-state index in [1.165, 1.54) is 0 Å². The molecule has 0 N–H and O–H groups in total. The summed E-state index contributed by atoms with van der Waals surface area (Å²) in [5.74, 6) is 1.94. The highest BCUT2D eigenvalue weighted by atomic mass is 35.5. The van der Waals surface area contributed by atoms with Gasteiger partial charge in [0.05, 0.1) is 11.6 Å². The average Bonchev–Trinajstić information content (AvgIpc) is 2.88. The number of alkyl halides is 1. The summed E-state index contributed by atoms with van der Waals surface area (Å²) in [4.78, 5) is 4.57. The van der Waals surface area contributed by atoms with Gasteiger partial charge in [0.25, 0.3) is 0 Å². The molecule has 0 radical (unpaired) electrons. The van der Waals surface area contributed by atoms with Gasteiger partial charge in [-0.25, -0.2) is 9.67 Å². The van der Waals surface area contributed by atoms with Gasteiger partial charge in [-0.1, -0.05) is 0 Å². The zero-order chi connectivity index (χ0) is 14.0. The molecule has 0 spiro atoms. The van der Waals surface area contributed by atoms with Crippen LogP contribution >= 0.6 is 11.6 Å². The number of fused-ring (bicyclic) bond motifs is 1. The highest BCUT2D eigenvalue weighted by Gasteiger charge is 2.17. The van der Waals surface area contributed by atoms with Crippen LogP contribution in [0.4, 0.5) is 0 Å². The van der Waals surface area contributed by atoms with E-state index in [4.69, 9.17) is 11.6 Å². The Balaban J connectivity index is 2.40. The van der Waals surface area contributed by atoms with Gasteiger partial charge in [0, 0.05) is 35.9 Å². The monoisotopic (exact) mass is 302 g/mol. The van der Waals surface area contributed by atoms with E-state index in [0.717, 1.165) is 42.2 Å². The van der Waals surface area contributed by atoms with Crippen LogP contribution in [0.15, 0.2) is 0 Å². The molecule has 7 heteroatoms. The first-order valence-corrected chi connectivity index (χ1v) is 8.63. The lowest BCUT2D eigenvalue weighted by atomic mass is 10.4. The highest BCUT2D eigenvalue weighted by molar-refractivity contribution is 7.84. The van der Waals surface area contributed by atoms with Crippen LogP contribution in [-0.4, -0.2) is 35.5 Å². The normalized spacial score (nSPS) is 13.3. The van der Waals surface area contributed by atoms with Gasteiger partial charge < -0.3 is 4.57 Å². The molecule has 2 rings (SSSR count). The Morgan fingerprint density at radius 3 is 2.74 bits per heavy atom. The van der Waals surface area contributed by atoms with Gasteiger partial charge in [0.15, 0.2) is 5.65 Å². The molecule has 2 aromatic heterocycles. The summed E-state index contributed by atoms with van der Waals surface area (Å²) in [6.45, 7) is 5.61. The van der Waals surface area contributed by atoms with Crippen molar-refractivity contribution in [3.63, 3.8) is 0 Å². The molecular weight excluding hydrogens is 284 g/mol. The van der Waals surface area contributed by atoms with Crippen molar-refractivity contribution in [3.05, 3.63) is 11.5 Å². The lowest BCUT2D eigenvalue weighted by molar-refractivity contribution is 0.608. The molecule has 106 valence electrons. The van der Waals surface area contributed by atoms with Crippen LogP contribution in [0, 0.1) is 6.92 Å². The van der Waals surface area contributed by atoms with Crippen LogP contribution in [0.1, 0.15) is 24.9 Å². The minimum atomic E-state index is -0.760. The molecule has 2 heterocycles. The van der Waals surface area contributed by atoms with Crippen molar-refractivity contribution in [2.45, 2.75) is 39.2 Å². The molecular formula is C12H19ClN4OS. The summed E-state index contributed by atoms with van der Waals surface area (Å²) in [6, 6.07) is 0. The standard InChI is InChI=1S/C12H19ClN4OS/c1-4-17-12-11(9(2)15-17)14-10(8-13)16(12)6-5-7-19(3)18/h4-8H2,1-3H3. The summed E-state index contributed by atoms with van der Waals surface area (Å²) in [5, 5.41) is 4.48. The van der Waals surface area contributed by atoms with Crippen molar-refractivity contribution in [1.82, 2.24) is 19.3 Å². The van der Waals surface area contributed by atoms with Gasteiger partial charge in [0.1, 0.15) is 11.3 Å². The second kappa shape index (κ2) is 6.05. The van der Waals surface area contributed by atoms with Crippen LogP contribution in [0.3, 0.4) is 0 Å². The van der Waals surface area contributed by atoms with Gasteiger partial charge in [-0.2, -0.15) is 5.10 Å². The van der Waals surface area contributed by atoms with Gasteiger partial charge in [-0.3, -0.25) is 4.21 Å². The van der Waals surface area contributed by atoms with E-state index < -0.39 is 10.8 Å². The maximum absolute atomic E-state index is 11.2. The molecule has 0 aliphatic heterocycles. The third-order valence-electron chi connectivity index (χ3n) is 3.11. The Kier molecular flexibility index (Phi) is 4.62. The van der Waals surface area contributed by atoms with Crippen molar-refractivity contribution in [1.29, 1.82) is 0 Å². The zero-order valence-electron chi connectivity index (χ0n) is 11.5. The fourth-order valence-corrected chi connectivity index (χ4v) is 2.99. The largest absolute Gasteiger partial charge is 0.312 e. The zero-order valence-corrected chi connectivity index (χ0v) is 13.1. The lowest BCUT2D eigenvalue weighted by Crippen LogP contribution is -2.10. The molecule has 1 unspecified atom stereocenters. The first kappa shape index (κ1) is 14.5. The Bertz CT molecular complexity index is 604. The molecule has 0 saturated carbocycles. The highest BCUT2D eigenvalue weighted by Crippen LogP contribution is 2.21. The van der Waals surface area contributed by atoms with Crippen molar-refractivity contribution in [2.24, 2.45) is 0 Å². The minimum Gasteiger partial charge on any atom is -0.312 e. The summed E-state index contributed by atoms with van der Waals surface area (Å²) >= 11 is 5.98. The number of hydrogen-bond donors (Lipinski definition) is 0. The summed E-state index contributed by atoms with van der Waals surface area (Å²) in [6.07, 6.45) is 2.58. The van der Waals surface area contributed by atoms with Crippen LogP contribution in [-0.2, 0) is 29.8 Å². The third kappa shape index (κ3) is 2.84. The smallest absolute Gasteiger partial charge is 0.158 e. The average molecular weight is 303 g/mol. The molecule has 0 fully saturated rings. The molecule has 1 atom stereocenters.